The molecule has 0 amide bonds. The Morgan fingerprint density at radius 2 is 2.41 bits per heavy atom. The molecule has 1 unspecified atom stereocenters. The highest BCUT2D eigenvalue weighted by atomic mass is 32.2. The summed E-state index contributed by atoms with van der Waals surface area (Å²) >= 11 is 1.97. The van der Waals surface area contributed by atoms with Crippen molar-refractivity contribution in [2.75, 3.05) is 23.4 Å². The van der Waals surface area contributed by atoms with Crippen LogP contribution in [0.25, 0.3) is 0 Å². The van der Waals surface area contributed by atoms with Crippen molar-refractivity contribution in [1.29, 1.82) is 0 Å². The lowest BCUT2D eigenvalue weighted by atomic mass is 10.1. The van der Waals surface area contributed by atoms with Gasteiger partial charge in [0.1, 0.15) is 11.6 Å². The topological polar surface area (TPSA) is 21.3 Å². The zero-order valence-corrected chi connectivity index (χ0v) is 10.9. The Bertz CT molecular complexity index is 366. The van der Waals surface area contributed by atoms with E-state index in [-0.39, 0.29) is 5.82 Å². The SMILES string of the molecule is CCOc1cc(F)ccc1NC1CCCSC1. The summed E-state index contributed by atoms with van der Waals surface area (Å²) in [5, 5.41) is 3.45. The van der Waals surface area contributed by atoms with Crippen LogP contribution in [0.5, 0.6) is 5.75 Å². The van der Waals surface area contributed by atoms with Crippen molar-refractivity contribution in [3.05, 3.63) is 24.0 Å². The molecule has 1 heterocycles. The molecule has 1 fully saturated rings. The number of hydrogen-bond donors (Lipinski definition) is 1. The van der Waals surface area contributed by atoms with Crippen molar-refractivity contribution >= 4 is 17.4 Å². The average Bonchev–Trinajstić information content (AvgIpc) is 2.34. The fraction of sp³-hybridized carbons (Fsp3) is 0.538. The molecule has 94 valence electrons. The number of nitrogens with one attached hydrogen (secondary N) is 1. The van der Waals surface area contributed by atoms with E-state index in [1.807, 2.05) is 18.7 Å². The van der Waals surface area contributed by atoms with Crippen LogP contribution in [0.4, 0.5) is 10.1 Å². The van der Waals surface area contributed by atoms with Gasteiger partial charge in [-0.3, -0.25) is 0 Å². The van der Waals surface area contributed by atoms with Crippen molar-refractivity contribution in [2.24, 2.45) is 0 Å². The highest BCUT2D eigenvalue weighted by Crippen LogP contribution is 2.28. The molecule has 0 aromatic heterocycles. The van der Waals surface area contributed by atoms with Crippen LogP contribution in [0.3, 0.4) is 0 Å². The Morgan fingerprint density at radius 1 is 1.53 bits per heavy atom. The molecule has 1 aromatic rings. The highest BCUT2D eigenvalue weighted by molar-refractivity contribution is 7.99. The first-order chi connectivity index (χ1) is 8.29. The molecule has 4 heteroatoms. The second kappa shape index (κ2) is 6.15. The van der Waals surface area contributed by atoms with Crippen LogP contribution in [-0.4, -0.2) is 24.2 Å². The first kappa shape index (κ1) is 12.6. The van der Waals surface area contributed by atoms with Gasteiger partial charge in [0.15, 0.2) is 0 Å². The molecule has 1 aliphatic rings. The molecule has 0 aliphatic carbocycles. The Morgan fingerprint density at radius 3 is 3.12 bits per heavy atom. The Labute approximate surface area is 106 Å². The van der Waals surface area contributed by atoms with Crippen molar-refractivity contribution in [2.45, 2.75) is 25.8 Å². The molecule has 1 atom stereocenters. The second-order valence-electron chi connectivity index (χ2n) is 4.13. The minimum Gasteiger partial charge on any atom is -0.492 e. The Kier molecular flexibility index (Phi) is 4.54. The maximum atomic E-state index is 13.1. The molecule has 1 aliphatic heterocycles. The van der Waals surface area contributed by atoms with Gasteiger partial charge in [-0.2, -0.15) is 11.8 Å². The van der Waals surface area contributed by atoms with E-state index in [2.05, 4.69) is 5.32 Å². The van der Waals surface area contributed by atoms with Gasteiger partial charge in [0.05, 0.1) is 12.3 Å². The average molecular weight is 255 g/mol. The van der Waals surface area contributed by atoms with Crippen LogP contribution in [0, 0.1) is 5.82 Å². The number of halogens is 1. The number of anilines is 1. The minimum atomic E-state index is -0.253. The number of ether oxygens (including phenoxy) is 1. The lowest BCUT2D eigenvalue weighted by molar-refractivity contribution is 0.339. The van der Waals surface area contributed by atoms with Crippen LogP contribution in [-0.2, 0) is 0 Å². The summed E-state index contributed by atoms with van der Waals surface area (Å²) in [7, 11) is 0. The maximum Gasteiger partial charge on any atom is 0.145 e. The molecule has 1 aromatic carbocycles. The molecule has 1 saturated heterocycles. The van der Waals surface area contributed by atoms with Crippen molar-refractivity contribution < 1.29 is 9.13 Å². The zero-order chi connectivity index (χ0) is 12.1. The first-order valence-corrected chi connectivity index (χ1v) is 7.21. The molecule has 2 nitrogen and oxygen atoms in total. The monoisotopic (exact) mass is 255 g/mol. The van der Waals surface area contributed by atoms with Crippen LogP contribution in [0.1, 0.15) is 19.8 Å². The van der Waals surface area contributed by atoms with E-state index in [9.17, 15) is 4.39 Å². The van der Waals surface area contributed by atoms with Gasteiger partial charge in [0.2, 0.25) is 0 Å². The third-order valence-electron chi connectivity index (χ3n) is 2.76. The molecule has 1 N–H and O–H groups in total. The van der Waals surface area contributed by atoms with Crippen LogP contribution >= 0.6 is 11.8 Å². The summed E-state index contributed by atoms with van der Waals surface area (Å²) in [6, 6.07) is 5.15. The predicted molar refractivity (Wildman–Crippen MR) is 71.5 cm³/mol. The number of hydrogen-bond acceptors (Lipinski definition) is 3. The molecule has 0 bridgehead atoms. The normalized spacial score (nSPS) is 20.0. The minimum absolute atomic E-state index is 0.253. The van der Waals surface area contributed by atoms with E-state index >= 15 is 0 Å². The van der Waals surface area contributed by atoms with Gasteiger partial charge in [-0.25, -0.2) is 4.39 Å². The van der Waals surface area contributed by atoms with E-state index in [1.165, 1.54) is 30.7 Å². The number of benzene rings is 1. The van der Waals surface area contributed by atoms with Gasteiger partial charge < -0.3 is 10.1 Å². The molecule has 2 rings (SSSR count). The second-order valence-corrected chi connectivity index (χ2v) is 5.28. The predicted octanol–water partition coefficient (Wildman–Crippen LogP) is 3.53. The first-order valence-electron chi connectivity index (χ1n) is 6.06. The number of rotatable bonds is 4. The standard InChI is InChI=1S/C13H18FNOS/c1-2-16-13-8-10(14)5-6-12(13)15-11-4-3-7-17-9-11/h5-6,8,11,15H,2-4,7,9H2,1H3. The summed E-state index contributed by atoms with van der Waals surface area (Å²) < 4.78 is 18.6. The molecular weight excluding hydrogens is 237 g/mol. The summed E-state index contributed by atoms with van der Waals surface area (Å²) in [6.07, 6.45) is 2.42. The summed E-state index contributed by atoms with van der Waals surface area (Å²) in [4.78, 5) is 0. The quantitative estimate of drug-likeness (QED) is 0.889. The fourth-order valence-electron chi connectivity index (χ4n) is 1.96. The summed E-state index contributed by atoms with van der Waals surface area (Å²) in [5.74, 6) is 2.73. The van der Waals surface area contributed by atoms with Gasteiger partial charge in [0, 0.05) is 17.9 Å². The van der Waals surface area contributed by atoms with Crippen molar-refractivity contribution in [1.82, 2.24) is 0 Å². The Balaban J connectivity index is 2.07. The van der Waals surface area contributed by atoms with Gasteiger partial charge in [-0.15, -0.1) is 0 Å². The van der Waals surface area contributed by atoms with E-state index < -0.39 is 0 Å². The molecular formula is C13H18FNOS. The van der Waals surface area contributed by atoms with Crippen LogP contribution in [0.15, 0.2) is 18.2 Å². The summed E-state index contributed by atoms with van der Waals surface area (Å²) in [5.41, 5.74) is 0.903. The van der Waals surface area contributed by atoms with E-state index in [1.54, 1.807) is 6.07 Å². The maximum absolute atomic E-state index is 13.1. The fourth-order valence-corrected chi connectivity index (χ4v) is 3.04. The lowest BCUT2D eigenvalue weighted by Crippen LogP contribution is -2.26. The van der Waals surface area contributed by atoms with Gasteiger partial charge >= 0.3 is 0 Å². The smallest absolute Gasteiger partial charge is 0.145 e. The molecule has 0 saturated carbocycles. The van der Waals surface area contributed by atoms with E-state index in [4.69, 9.17) is 4.74 Å². The van der Waals surface area contributed by atoms with Gasteiger partial charge in [-0.05, 0) is 37.7 Å². The Hall–Kier alpha value is -0.900. The van der Waals surface area contributed by atoms with E-state index in [0.29, 0.717) is 18.4 Å². The highest BCUT2D eigenvalue weighted by Gasteiger charge is 2.15. The third kappa shape index (κ3) is 3.53. The summed E-state index contributed by atoms with van der Waals surface area (Å²) in [6.45, 7) is 2.46. The largest absolute Gasteiger partial charge is 0.492 e. The van der Waals surface area contributed by atoms with Crippen molar-refractivity contribution in [3.8, 4) is 5.75 Å². The van der Waals surface area contributed by atoms with Gasteiger partial charge in [0.25, 0.3) is 0 Å². The third-order valence-corrected chi connectivity index (χ3v) is 3.98. The van der Waals surface area contributed by atoms with Crippen LogP contribution < -0.4 is 10.1 Å². The molecule has 0 spiro atoms. The van der Waals surface area contributed by atoms with Crippen molar-refractivity contribution in [3.63, 3.8) is 0 Å². The zero-order valence-electron chi connectivity index (χ0n) is 10.0. The lowest BCUT2D eigenvalue weighted by Gasteiger charge is -2.24. The van der Waals surface area contributed by atoms with E-state index in [0.717, 1.165) is 11.4 Å². The van der Waals surface area contributed by atoms with Crippen LogP contribution in [0.2, 0.25) is 0 Å². The number of thioether (sulfide) groups is 1. The molecule has 0 radical (unpaired) electrons. The molecule has 17 heavy (non-hydrogen) atoms. The van der Waals surface area contributed by atoms with Gasteiger partial charge in [-0.1, -0.05) is 0 Å².